The number of methoxy groups -OCH3 is 1. The third-order valence-electron chi connectivity index (χ3n) is 5.87. The van der Waals surface area contributed by atoms with Crippen LogP contribution in [0.15, 0.2) is 24.3 Å². The minimum atomic E-state index is -0.512. The van der Waals surface area contributed by atoms with Gasteiger partial charge in [-0.2, -0.15) is 0 Å². The second kappa shape index (κ2) is 12.1. The number of esters is 1. The average molecular weight is 476 g/mol. The molecule has 8 nitrogen and oxygen atoms in total. The van der Waals surface area contributed by atoms with Gasteiger partial charge in [0.25, 0.3) is 5.91 Å². The number of benzene rings is 1. The molecule has 2 aromatic rings. The molecule has 1 fully saturated rings. The fraction of sp³-hybridized carbons (Fsp3) is 0.560. The number of pyridine rings is 1. The van der Waals surface area contributed by atoms with Crippen molar-refractivity contribution < 1.29 is 28.2 Å². The van der Waals surface area contributed by atoms with E-state index in [4.69, 9.17) is 14.2 Å². The van der Waals surface area contributed by atoms with E-state index in [1.165, 1.54) is 6.07 Å². The molecule has 0 aliphatic carbocycles. The molecular weight excluding hydrogens is 441 g/mol. The van der Waals surface area contributed by atoms with E-state index in [-0.39, 0.29) is 41.2 Å². The molecule has 1 aliphatic rings. The summed E-state index contributed by atoms with van der Waals surface area (Å²) in [5, 5.41) is 3.72. The molecule has 2 unspecified atom stereocenters. The van der Waals surface area contributed by atoms with Crippen molar-refractivity contribution in [2.45, 2.75) is 58.2 Å². The van der Waals surface area contributed by atoms with Crippen LogP contribution < -0.4 is 10.1 Å². The van der Waals surface area contributed by atoms with Gasteiger partial charge in [0, 0.05) is 50.2 Å². The number of ether oxygens (including phenoxy) is 3. The number of carbonyl (C=O) groups is 2. The molecule has 1 amide bonds. The number of para-hydroxylation sites is 1. The molecule has 9 heteroatoms. The zero-order valence-electron chi connectivity index (χ0n) is 20.3. The standard InChI is InChI=1S/C25H34FN3O5/c1-5-33-25(31)20-11-10-17(15-27-20)29(16(2)3)24(30)21-14-22(34-13-7-12-32-4)18-8-6-9-19(26)23(18)28-21/h6,8-9,14,16-17,20,27H,5,7,10-13,15H2,1-4H3. The molecule has 0 saturated carbocycles. The van der Waals surface area contributed by atoms with Crippen LogP contribution >= 0.6 is 0 Å². The van der Waals surface area contributed by atoms with Gasteiger partial charge in [-0.05, 0) is 45.7 Å². The molecule has 1 aromatic carbocycles. The first-order valence-electron chi connectivity index (χ1n) is 11.8. The Balaban J connectivity index is 1.85. The van der Waals surface area contributed by atoms with Gasteiger partial charge in [0.15, 0.2) is 0 Å². The lowest BCUT2D eigenvalue weighted by Crippen LogP contribution is -2.55. The summed E-state index contributed by atoms with van der Waals surface area (Å²) >= 11 is 0. The Morgan fingerprint density at radius 3 is 2.71 bits per heavy atom. The van der Waals surface area contributed by atoms with Crippen molar-refractivity contribution >= 4 is 22.8 Å². The topological polar surface area (TPSA) is 90.0 Å². The van der Waals surface area contributed by atoms with Crippen LogP contribution in [0.25, 0.3) is 10.9 Å². The van der Waals surface area contributed by atoms with Crippen molar-refractivity contribution in [1.82, 2.24) is 15.2 Å². The van der Waals surface area contributed by atoms with Gasteiger partial charge in [0.05, 0.1) is 13.2 Å². The first-order valence-corrected chi connectivity index (χ1v) is 11.8. The van der Waals surface area contributed by atoms with Gasteiger partial charge < -0.3 is 24.4 Å². The molecule has 186 valence electrons. The molecule has 1 saturated heterocycles. The fourth-order valence-electron chi connectivity index (χ4n) is 4.27. The maximum absolute atomic E-state index is 14.6. The van der Waals surface area contributed by atoms with Crippen molar-refractivity contribution in [3.05, 3.63) is 35.8 Å². The number of fused-ring (bicyclic) bond motifs is 1. The Kier molecular flexibility index (Phi) is 9.18. The van der Waals surface area contributed by atoms with Crippen LogP contribution in [0.1, 0.15) is 50.5 Å². The lowest BCUT2D eigenvalue weighted by atomic mass is 9.98. The molecule has 2 heterocycles. The van der Waals surface area contributed by atoms with Crippen LogP contribution in [-0.4, -0.2) is 73.4 Å². The quantitative estimate of drug-likeness (QED) is 0.416. The van der Waals surface area contributed by atoms with Crippen LogP contribution in [0, 0.1) is 5.82 Å². The predicted molar refractivity (Wildman–Crippen MR) is 126 cm³/mol. The minimum absolute atomic E-state index is 0.0999. The molecular formula is C25H34FN3O5. The first kappa shape index (κ1) is 25.8. The normalized spacial score (nSPS) is 18.2. The number of amides is 1. The van der Waals surface area contributed by atoms with Crippen molar-refractivity contribution in [3.63, 3.8) is 0 Å². The van der Waals surface area contributed by atoms with E-state index >= 15 is 0 Å². The Labute approximate surface area is 199 Å². The van der Waals surface area contributed by atoms with Gasteiger partial charge in [-0.25, -0.2) is 9.37 Å². The molecule has 1 N–H and O–H groups in total. The Bertz CT molecular complexity index is 992. The summed E-state index contributed by atoms with van der Waals surface area (Å²) in [6, 6.07) is 5.59. The van der Waals surface area contributed by atoms with E-state index in [1.807, 2.05) is 13.8 Å². The highest BCUT2D eigenvalue weighted by Gasteiger charge is 2.34. The van der Waals surface area contributed by atoms with Gasteiger partial charge in [-0.3, -0.25) is 9.59 Å². The highest BCUT2D eigenvalue weighted by molar-refractivity contribution is 5.97. The van der Waals surface area contributed by atoms with E-state index in [9.17, 15) is 14.0 Å². The summed E-state index contributed by atoms with van der Waals surface area (Å²) in [5.74, 6) is -0.674. The third-order valence-corrected chi connectivity index (χ3v) is 5.87. The summed E-state index contributed by atoms with van der Waals surface area (Å²) < 4.78 is 30.7. The highest BCUT2D eigenvalue weighted by Crippen LogP contribution is 2.29. The summed E-state index contributed by atoms with van der Waals surface area (Å²) in [6.45, 7) is 7.32. The van der Waals surface area contributed by atoms with Crippen LogP contribution in [0.2, 0.25) is 0 Å². The van der Waals surface area contributed by atoms with Crippen LogP contribution in [0.5, 0.6) is 5.75 Å². The summed E-state index contributed by atoms with van der Waals surface area (Å²) in [5.41, 5.74) is 0.225. The van der Waals surface area contributed by atoms with Crippen LogP contribution in [-0.2, 0) is 14.3 Å². The monoisotopic (exact) mass is 475 g/mol. The molecule has 0 bridgehead atoms. The number of nitrogens with zero attached hydrogens (tertiary/aromatic N) is 2. The SMILES string of the molecule is CCOC(=O)C1CCC(N(C(=O)c2cc(OCCCOC)c3cccc(F)c3n2)C(C)C)CN1. The first-order chi connectivity index (χ1) is 16.4. The lowest BCUT2D eigenvalue weighted by molar-refractivity contribution is -0.146. The van der Waals surface area contributed by atoms with Gasteiger partial charge in [-0.15, -0.1) is 0 Å². The van der Waals surface area contributed by atoms with E-state index in [0.29, 0.717) is 56.8 Å². The Morgan fingerprint density at radius 2 is 2.06 bits per heavy atom. The Hall–Kier alpha value is -2.78. The molecule has 3 rings (SSSR count). The van der Waals surface area contributed by atoms with Crippen LogP contribution in [0.4, 0.5) is 4.39 Å². The van der Waals surface area contributed by atoms with Crippen molar-refractivity contribution in [3.8, 4) is 5.75 Å². The average Bonchev–Trinajstić information content (AvgIpc) is 2.82. The lowest BCUT2D eigenvalue weighted by Gasteiger charge is -2.39. The minimum Gasteiger partial charge on any atom is -0.493 e. The second-order valence-electron chi connectivity index (χ2n) is 8.59. The molecule has 1 aromatic heterocycles. The van der Waals surface area contributed by atoms with E-state index in [1.54, 1.807) is 37.1 Å². The van der Waals surface area contributed by atoms with Crippen LogP contribution in [0.3, 0.4) is 0 Å². The summed E-state index contributed by atoms with van der Waals surface area (Å²) in [7, 11) is 1.61. The molecule has 1 aliphatic heterocycles. The maximum Gasteiger partial charge on any atom is 0.323 e. The highest BCUT2D eigenvalue weighted by atomic mass is 19.1. The molecule has 0 radical (unpaired) electrons. The second-order valence-corrected chi connectivity index (χ2v) is 8.59. The number of hydrogen-bond acceptors (Lipinski definition) is 7. The van der Waals surface area contributed by atoms with Crippen molar-refractivity contribution in [2.75, 3.05) is 33.5 Å². The number of carbonyl (C=O) groups excluding carboxylic acids is 2. The number of nitrogens with one attached hydrogen (secondary N) is 1. The maximum atomic E-state index is 14.6. The van der Waals surface area contributed by atoms with Gasteiger partial charge in [0.2, 0.25) is 0 Å². The Morgan fingerprint density at radius 1 is 1.26 bits per heavy atom. The van der Waals surface area contributed by atoms with E-state index in [0.717, 1.165) is 0 Å². The zero-order valence-corrected chi connectivity index (χ0v) is 20.3. The van der Waals surface area contributed by atoms with Gasteiger partial charge >= 0.3 is 5.97 Å². The summed E-state index contributed by atoms with van der Waals surface area (Å²) in [4.78, 5) is 31.8. The van der Waals surface area contributed by atoms with Gasteiger partial charge in [0.1, 0.15) is 28.8 Å². The van der Waals surface area contributed by atoms with Gasteiger partial charge in [-0.1, -0.05) is 6.07 Å². The number of hydrogen-bond donors (Lipinski definition) is 1. The molecule has 2 atom stereocenters. The third kappa shape index (κ3) is 6.01. The van der Waals surface area contributed by atoms with Crippen molar-refractivity contribution in [1.29, 1.82) is 0 Å². The smallest absolute Gasteiger partial charge is 0.323 e. The van der Waals surface area contributed by atoms with E-state index < -0.39 is 5.82 Å². The molecule has 0 spiro atoms. The largest absolute Gasteiger partial charge is 0.493 e. The zero-order chi connectivity index (χ0) is 24.7. The number of aromatic nitrogens is 1. The predicted octanol–water partition coefficient (Wildman–Crippen LogP) is 3.32. The molecule has 34 heavy (non-hydrogen) atoms. The number of piperidine rings is 1. The fourth-order valence-corrected chi connectivity index (χ4v) is 4.27. The van der Waals surface area contributed by atoms with Crippen molar-refractivity contribution in [2.24, 2.45) is 0 Å². The number of rotatable bonds is 10. The van der Waals surface area contributed by atoms with E-state index in [2.05, 4.69) is 10.3 Å². The summed E-state index contributed by atoms with van der Waals surface area (Å²) in [6.07, 6.45) is 1.86. The number of halogens is 1.